The first-order valence-corrected chi connectivity index (χ1v) is 7.04. The molecule has 3 heterocycles. The predicted octanol–water partition coefficient (Wildman–Crippen LogP) is 1.30. The van der Waals surface area contributed by atoms with Crippen molar-refractivity contribution in [3.8, 4) is 17.1 Å². The molecule has 1 saturated heterocycles. The fourth-order valence-electron chi connectivity index (χ4n) is 2.34. The Bertz CT molecular complexity index is 576. The molecule has 6 heteroatoms. The van der Waals surface area contributed by atoms with Crippen molar-refractivity contribution in [1.82, 2.24) is 20.1 Å². The van der Waals surface area contributed by atoms with Crippen LogP contribution in [0.5, 0.6) is 5.88 Å². The Labute approximate surface area is 124 Å². The number of hydrogen-bond acceptors (Lipinski definition) is 6. The van der Waals surface area contributed by atoms with Crippen LogP contribution in [-0.4, -0.2) is 60.4 Å². The van der Waals surface area contributed by atoms with E-state index >= 15 is 0 Å². The summed E-state index contributed by atoms with van der Waals surface area (Å²) in [6, 6.07) is 7.78. The number of rotatable bonds is 3. The van der Waals surface area contributed by atoms with Crippen molar-refractivity contribution in [3.05, 3.63) is 30.5 Å². The molecule has 0 radical (unpaired) electrons. The lowest BCUT2D eigenvalue weighted by Crippen LogP contribution is -2.44. The first kappa shape index (κ1) is 13.8. The van der Waals surface area contributed by atoms with Gasteiger partial charge in [-0.15, -0.1) is 10.2 Å². The molecular formula is C15H19N5O. The molecule has 6 nitrogen and oxygen atoms in total. The number of nitrogens with zero attached hydrogens (tertiary/aromatic N) is 5. The third-order valence-electron chi connectivity index (χ3n) is 3.72. The number of anilines is 1. The highest BCUT2D eigenvalue weighted by atomic mass is 16.5. The van der Waals surface area contributed by atoms with E-state index < -0.39 is 0 Å². The summed E-state index contributed by atoms with van der Waals surface area (Å²) in [4.78, 5) is 8.78. The maximum Gasteiger partial charge on any atom is 0.212 e. The van der Waals surface area contributed by atoms with Crippen LogP contribution in [-0.2, 0) is 0 Å². The van der Waals surface area contributed by atoms with Crippen LogP contribution in [0.25, 0.3) is 11.3 Å². The lowest BCUT2D eigenvalue weighted by atomic mass is 10.2. The summed E-state index contributed by atoms with van der Waals surface area (Å²) in [5.41, 5.74) is 1.76. The number of ether oxygens (including phenoxy) is 1. The quantitative estimate of drug-likeness (QED) is 0.847. The highest BCUT2D eigenvalue weighted by Gasteiger charge is 2.15. The number of aromatic nitrogens is 3. The van der Waals surface area contributed by atoms with E-state index in [4.69, 9.17) is 4.74 Å². The fourth-order valence-corrected chi connectivity index (χ4v) is 2.34. The van der Waals surface area contributed by atoms with Gasteiger partial charge in [-0.25, -0.2) is 4.98 Å². The highest BCUT2D eigenvalue weighted by Crippen LogP contribution is 2.20. The van der Waals surface area contributed by atoms with Gasteiger partial charge in [-0.05, 0) is 25.2 Å². The van der Waals surface area contributed by atoms with Crippen molar-refractivity contribution in [2.75, 3.05) is 45.2 Å². The van der Waals surface area contributed by atoms with E-state index in [0.29, 0.717) is 5.88 Å². The summed E-state index contributed by atoms with van der Waals surface area (Å²) < 4.78 is 5.05. The van der Waals surface area contributed by atoms with Gasteiger partial charge in [0.1, 0.15) is 0 Å². The summed E-state index contributed by atoms with van der Waals surface area (Å²) in [5.74, 6) is 1.54. The maximum absolute atomic E-state index is 5.05. The Balaban J connectivity index is 1.74. The minimum absolute atomic E-state index is 0.598. The summed E-state index contributed by atoms with van der Waals surface area (Å²) in [6.45, 7) is 4.11. The molecule has 110 valence electrons. The molecule has 0 aromatic carbocycles. The van der Waals surface area contributed by atoms with Crippen LogP contribution >= 0.6 is 0 Å². The zero-order valence-electron chi connectivity index (χ0n) is 12.4. The van der Waals surface area contributed by atoms with Gasteiger partial charge in [0.25, 0.3) is 0 Å². The molecular weight excluding hydrogens is 266 g/mol. The topological polar surface area (TPSA) is 54.4 Å². The van der Waals surface area contributed by atoms with Gasteiger partial charge in [-0.3, -0.25) is 0 Å². The van der Waals surface area contributed by atoms with E-state index in [1.807, 2.05) is 24.3 Å². The average molecular weight is 285 g/mol. The number of piperazine rings is 1. The van der Waals surface area contributed by atoms with Crippen LogP contribution in [0.15, 0.2) is 30.5 Å². The van der Waals surface area contributed by atoms with Gasteiger partial charge < -0.3 is 14.5 Å². The van der Waals surface area contributed by atoms with E-state index in [0.717, 1.165) is 43.3 Å². The standard InChI is InChI=1S/C15H19N5O/c1-19-7-9-20(10-8-19)14-5-4-13(17-18-14)12-3-6-15(21-2)16-11-12/h3-6,11H,7-10H2,1-2H3. The monoisotopic (exact) mass is 285 g/mol. The molecule has 0 atom stereocenters. The predicted molar refractivity (Wildman–Crippen MR) is 81.5 cm³/mol. The van der Waals surface area contributed by atoms with Crippen molar-refractivity contribution in [2.45, 2.75) is 0 Å². The van der Waals surface area contributed by atoms with Crippen molar-refractivity contribution in [2.24, 2.45) is 0 Å². The van der Waals surface area contributed by atoms with Gasteiger partial charge in [0.05, 0.1) is 12.8 Å². The van der Waals surface area contributed by atoms with Gasteiger partial charge in [-0.2, -0.15) is 0 Å². The molecule has 2 aromatic rings. The normalized spacial score (nSPS) is 16.0. The SMILES string of the molecule is COc1ccc(-c2ccc(N3CCN(C)CC3)nn2)cn1. The Kier molecular flexibility index (Phi) is 3.96. The molecule has 0 aliphatic carbocycles. The zero-order chi connectivity index (χ0) is 14.7. The van der Waals surface area contributed by atoms with E-state index in [1.54, 1.807) is 13.3 Å². The largest absolute Gasteiger partial charge is 0.481 e. The summed E-state index contributed by atoms with van der Waals surface area (Å²) in [5, 5.41) is 8.66. The molecule has 2 aromatic heterocycles. The van der Waals surface area contributed by atoms with E-state index in [2.05, 4.69) is 32.0 Å². The molecule has 0 bridgehead atoms. The first-order valence-electron chi connectivity index (χ1n) is 7.04. The molecule has 0 amide bonds. The molecule has 0 spiro atoms. The second kappa shape index (κ2) is 6.05. The third kappa shape index (κ3) is 3.11. The summed E-state index contributed by atoms with van der Waals surface area (Å²) in [7, 11) is 3.75. The van der Waals surface area contributed by atoms with Gasteiger partial charge in [0.15, 0.2) is 5.82 Å². The molecule has 3 rings (SSSR count). The van der Waals surface area contributed by atoms with Gasteiger partial charge in [0, 0.05) is 44.0 Å². The van der Waals surface area contributed by atoms with Crippen molar-refractivity contribution >= 4 is 5.82 Å². The average Bonchev–Trinajstić information content (AvgIpc) is 2.56. The first-order chi connectivity index (χ1) is 10.3. The minimum atomic E-state index is 0.598. The van der Waals surface area contributed by atoms with Crippen LogP contribution < -0.4 is 9.64 Å². The van der Waals surface area contributed by atoms with Crippen molar-refractivity contribution in [3.63, 3.8) is 0 Å². The Hall–Kier alpha value is -2.21. The second-order valence-electron chi connectivity index (χ2n) is 5.16. The van der Waals surface area contributed by atoms with Crippen LogP contribution in [0, 0.1) is 0 Å². The lowest BCUT2D eigenvalue weighted by Gasteiger charge is -2.32. The highest BCUT2D eigenvalue weighted by molar-refractivity contribution is 5.59. The van der Waals surface area contributed by atoms with Gasteiger partial charge in [-0.1, -0.05) is 0 Å². The fraction of sp³-hybridized carbons (Fsp3) is 0.400. The molecule has 1 aliphatic rings. The van der Waals surface area contributed by atoms with Gasteiger partial charge in [0.2, 0.25) is 5.88 Å². The van der Waals surface area contributed by atoms with Crippen molar-refractivity contribution in [1.29, 1.82) is 0 Å². The van der Waals surface area contributed by atoms with Crippen LogP contribution in [0.2, 0.25) is 0 Å². The molecule has 0 N–H and O–H groups in total. The third-order valence-corrected chi connectivity index (χ3v) is 3.72. The van der Waals surface area contributed by atoms with E-state index in [-0.39, 0.29) is 0 Å². The second-order valence-corrected chi connectivity index (χ2v) is 5.16. The number of likely N-dealkylation sites (N-methyl/N-ethyl adjacent to an activating group) is 1. The lowest BCUT2D eigenvalue weighted by molar-refractivity contribution is 0.312. The summed E-state index contributed by atoms with van der Waals surface area (Å²) >= 11 is 0. The summed E-state index contributed by atoms with van der Waals surface area (Å²) in [6.07, 6.45) is 1.75. The van der Waals surface area contributed by atoms with E-state index in [1.165, 1.54) is 0 Å². The van der Waals surface area contributed by atoms with Crippen LogP contribution in [0.4, 0.5) is 5.82 Å². The molecule has 0 saturated carbocycles. The number of pyridine rings is 1. The zero-order valence-corrected chi connectivity index (χ0v) is 12.4. The number of methoxy groups -OCH3 is 1. The number of hydrogen-bond donors (Lipinski definition) is 0. The van der Waals surface area contributed by atoms with Crippen LogP contribution in [0.3, 0.4) is 0 Å². The smallest absolute Gasteiger partial charge is 0.212 e. The molecule has 1 aliphatic heterocycles. The Morgan fingerprint density at radius 1 is 1.00 bits per heavy atom. The molecule has 0 unspecified atom stereocenters. The van der Waals surface area contributed by atoms with Gasteiger partial charge >= 0.3 is 0 Å². The Morgan fingerprint density at radius 2 is 1.81 bits per heavy atom. The van der Waals surface area contributed by atoms with Crippen molar-refractivity contribution < 1.29 is 4.74 Å². The van der Waals surface area contributed by atoms with Crippen LogP contribution in [0.1, 0.15) is 0 Å². The minimum Gasteiger partial charge on any atom is -0.481 e. The molecule has 21 heavy (non-hydrogen) atoms. The molecule has 1 fully saturated rings. The maximum atomic E-state index is 5.05. The Morgan fingerprint density at radius 3 is 2.38 bits per heavy atom. The van der Waals surface area contributed by atoms with E-state index in [9.17, 15) is 0 Å².